The third-order valence-electron chi connectivity index (χ3n) is 3.23. The minimum atomic E-state index is 0.168. The molecule has 0 radical (unpaired) electrons. The standard InChI is InChI=1S/C13H15N3/c14-12-7-4-8-13-11(12)9-15-16(13)10-5-2-1-3-6-10/h1-3,5-6,9,12H,4,7-8,14H2/t12-/m1/s1. The van der Waals surface area contributed by atoms with E-state index in [0.29, 0.717) is 0 Å². The molecule has 1 aromatic carbocycles. The number of hydrogen-bond acceptors (Lipinski definition) is 2. The number of nitrogens with two attached hydrogens (primary N) is 1. The molecule has 0 aliphatic heterocycles. The van der Waals surface area contributed by atoms with Crippen molar-refractivity contribution in [3.05, 3.63) is 47.8 Å². The number of fused-ring (bicyclic) bond motifs is 1. The fourth-order valence-electron chi connectivity index (χ4n) is 2.38. The second-order valence-corrected chi connectivity index (χ2v) is 4.29. The number of rotatable bonds is 1. The summed E-state index contributed by atoms with van der Waals surface area (Å²) in [7, 11) is 0. The quantitative estimate of drug-likeness (QED) is 0.789. The molecule has 16 heavy (non-hydrogen) atoms. The zero-order valence-electron chi connectivity index (χ0n) is 9.13. The van der Waals surface area contributed by atoms with Crippen LogP contribution in [0.15, 0.2) is 36.5 Å². The lowest BCUT2D eigenvalue weighted by molar-refractivity contribution is 0.558. The first-order valence-electron chi connectivity index (χ1n) is 5.74. The summed E-state index contributed by atoms with van der Waals surface area (Å²) in [5, 5.41) is 4.46. The van der Waals surface area contributed by atoms with Crippen molar-refractivity contribution in [1.82, 2.24) is 9.78 Å². The van der Waals surface area contributed by atoms with Crippen LogP contribution in [0.4, 0.5) is 0 Å². The van der Waals surface area contributed by atoms with E-state index in [0.717, 1.165) is 24.9 Å². The molecule has 0 unspecified atom stereocenters. The molecule has 0 amide bonds. The predicted octanol–water partition coefficient (Wildman–Crippen LogP) is 2.21. The van der Waals surface area contributed by atoms with Crippen LogP contribution in [0.25, 0.3) is 5.69 Å². The highest BCUT2D eigenvalue weighted by molar-refractivity contribution is 5.36. The summed E-state index contributed by atoms with van der Waals surface area (Å²) in [4.78, 5) is 0. The Morgan fingerprint density at radius 1 is 1.25 bits per heavy atom. The summed E-state index contributed by atoms with van der Waals surface area (Å²) in [6, 6.07) is 10.4. The van der Waals surface area contributed by atoms with Gasteiger partial charge in [-0.25, -0.2) is 4.68 Å². The Bertz CT molecular complexity index is 487. The topological polar surface area (TPSA) is 43.8 Å². The van der Waals surface area contributed by atoms with Crippen molar-refractivity contribution in [3.8, 4) is 5.69 Å². The van der Waals surface area contributed by atoms with Crippen LogP contribution in [0.3, 0.4) is 0 Å². The number of nitrogens with zero attached hydrogens (tertiary/aromatic N) is 2. The number of hydrogen-bond donors (Lipinski definition) is 1. The second kappa shape index (κ2) is 3.76. The van der Waals surface area contributed by atoms with Gasteiger partial charge in [-0.2, -0.15) is 5.10 Å². The molecule has 2 aromatic rings. The van der Waals surface area contributed by atoms with Crippen molar-refractivity contribution < 1.29 is 0 Å². The van der Waals surface area contributed by atoms with Crippen LogP contribution in [0.2, 0.25) is 0 Å². The Morgan fingerprint density at radius 2 is 2.06 bits per heavy atom. The molecule has 1 aliphatic carbocycles. The number of para-hydroxylation sites is 1. The highest BCUT2D eigenvalue weighted by atomic mass is 15.3. The van der Waals surface area contributed by atoms with Gasteiger partial charge in [0.05, 0.1) is 11.9 Å². The smallest absolute Gasteiger partial charge is 0.0648 e. The van der Waals surface area contributed by atoms with Crippen LogP contribution in [0.1, 0.15) is 30.1 Å². The van der Waals surface area contributed by atoms with Crippen molar-refractivity contribution in [1.29, 1.82) is 0 Å². The maximum atomic E-state index is 6.08. The molecular weight excluding hydrogens is 198 g/mol. The van der Waals surface area contributed by atoms with Gasteiger partial charge in [0.1, 0.15) is 0 Å². The highest BCUT2D eigenvalue weighted by Crippen LogP contribution is 2.28. The third-order valence-corrected chi connectivity index (χ3v) is 3.23. The summed E-state index contributed by atoms with van der Waals surface area (Å²) in [6.45, 7) is 0. The molecule has 3 heteroatoms. The van der Waals surface area contributed by atoms with Crippen LogP contribution in [-0.2, 0) is 6.42 Å². The lowest BCUT2D eigenvalue weighted by atomic mass is 9.94. The van der Waals surface area contributed by atoms with E-state index >= 15 is 0 Å². The first-order valence-corrected chi connectivity index (χ1v) is 5.74. The summed E-state index contributed by atoms with van der Waals surface area (Å²) >= 11 is 0. The summed E-state index contributed by atoms with van der Waals surface area (Å²) < 4.78 is 2.02. The van der Waals surface area contributed by atoms with E-state index in [2.05, 4.69) is 17.2 Å². The molecule has 1 heterocycles. The van der Waals surface area contributed by atoms with Gasteiger partial charge in [-0.15, -0.1) is 0 Å². The summed E-state index contributed by atoms with van der Waals surface area (Å²) in [5.74, 6) is 0. The maximum Gasteiger partial charge on any atom is 0.0648 e. The molecule has 1 atom stereocenters. The fraction of sp³-hybridized carbons (Fsp3) is 0.308. The molecule has 0 spiro atoms. The molecule has 0 fully saturated rings. The lowest BCUT2D eigenvalue weighted by Gasteiger charge is -2.19. The van der Waals surface area contributed by atoms with Crippen molar-refractivity contribution in [2.24, 2.45) is 5.73 Å². The Balaban J connectivity index is 2.10. The second-order valence-electron chi connectivity index (χ2n) is 4.29. The molecule has 2 N–H and O–H groups in total. The van der Waals surface area contributed by atoms with Gasteiger partial charge >= 0.3 is 0 Å². The van der Waals surface area contributed by atoms with Gasteiger partial charge in [0, 0.05) is 17.3 Å². The molecular formula is C13H15N3. The van der Waals surface area contributed by atoms with E-state index in [1.54, 1.807) is 0 Å². The van der Waals surface area contributed by atoms with E-state index in [1.807, 2.05) is 29.1 Å². The van der Waals surface area contributed by atoms with E-state index in [1.165, 1.54) is 11.3 Å². The van der Waals surface area contributed by atoms with Gasteiger partial charge in [0.15, 0.2) is 0 Å². The molecule has 3 nitrogen and oxygen atoms in total. The molecule has 0 saturated heterocycles. The molecule has 0 saturated carbocycles. The van der Waals surface area contributed by atoms with E-state index in [9.17, 15) is 0 Å². The maximum absolute atomic E-state index is 6.08. The molecule has 3 rings (SSSR count). The minimum absolute atomic E-state index is 0.168. The van der Waals surface area contributed by atoms with Crippen LogP contribution < -0.4 is 5.73 Å². The zero-order chi connectivity index (χ0) is 11.0. The average molecular weight is 213 g/mol. The van der Waals surface area contributed by atoms with Gasteiger partial charge in [0.2, 0.25) is 0 Å². The Labute approximate surface area is 94.9 Å². The van der Waals surface area contributed by atoms with Crippen LogP contribution in [0.5, 0.6) is 0 Å². The van der Waals surface area contributed by atoms with Crippen LogP contribution >= 0.6 is 0 Å². The van der Waals surface area contributed by atoms with Crippen molar-refractivity contribution in [2.75, 3.05) is 0 Å². The Hall–Kier alpha value is -1.61. The van der Waals surface area contributed by atoms with Crippen LogP contribution in [-0.4, -0.2) is 9.78 Å². The number of benzene rings is 1. The monoisotopic (exact) mass is 213 g/mol. The van der Waals surface area contributed by atoms with Crippen molar-refractivity contribution >= 4 is 0 Å². The van der Waals surface area contributed by atoms with Gasteiger partial charge in [0.25, 0.3) is 0 Å². The Kier molecular flexibility index (Phi) is 2.26. The summed E-state index contributed by atoms with van der Waals surface area (Å²) in [5.41, 5.74) is 9.71. The van der Waals surface area contributed by atoms with Crippen LogP contribution in [0, 0.1) is 0 Å². The largest absolute Gasteiger partial charge is 0.324 e. The summed E-state index contributed by atoms with van der Waals surface area (Å²) in [6.07, 6.45) is 5.24. The van der Waals surface area contributed by atoms with E-state index in [4.69, 9.17) is 5.73 Å². The zero-order valence-corrected chi connectivity index (χ0v) is 9.13. The van der Waals surface area contributed by atoms with Crippen molar-refractivity contribution in [2.45, 2.75) is 25.3 Å². The average Bonchev–Trinajstić information content (AvgIpc) is 2.75. The fourth-order valence-corrected chi connectivity index (χ4v) is 2.38. The third kappa shape index (κ3) is 1.44. The number of aromatic nitrogens is 2. The molecule has 0 bridgehead atoms. The normalized spacial score (nSPS) is 19.4. The first kappa shape index (κ1) is 9.60. The van der Waals surface area contributed by atoms with Gasteiger partial charge < -0.3 is 5.73 Å². The van der Waals surface area contributed by atoms with Gasteiger partial charge in [-0.05, 0) is 31.4 Å². The van der Waals surface area contributed by atoms with E-state index in [-0.39, 0.29) is 6.04 Å². The van der Waals surface area contributed by atoms with Gasteiger partial charge in [-0.1, -0.05) is 18.2 Å². The van der Waals surface area contributed by atoms with Crippen molar-refractivity contribution in [3.63, 3.8) is 0 Å². The SMILES string of the molecule is N[C@@H]1CCCc2c1cnn2-c1ccccc1. The lowest BCUT2D eigenvalue weighted by Crippen LogP contribution is -2.17. The first-order chi connectivity index (χ1) is 7.86. The minimum Gasteiger partial charge on any atom is -0.324 e. The molecule has 1 aromatic heterocycles. The molecule has 1 aliphatic rings. The molecule has 82 valence electrons. The highest BCUT2D eigenvalue weighted by Gasteiger charge is 2.21. The van der Waals surface area contributed by atoms with Gasteiger partial charge in [-0.3, -0.25) is 0 Å². The predicted molar refractivity (Wildman–Crippen MR) is 63.4 cm³/mol. The Morgan fingerprint density at radius 3 is 2.88 bits per heavy atom. The van der Waals surface area contributed by atoms with E-state index < -0.39 is 0 Å².